The average molecular weight is 440 g/mol. The molecule has 0 atom stereocenters. The van der Waals surface area contributed by atoms with Crippen molar-refractivity contribution >= 4 is 29.3 Å². The Morgan fingerprint density at radius 1 is 0.938 bits per heavy atom. The summed E-state index contributed by atoms with van der Waals surface area (Å²) in [4.78, 5) is 64.2. The minimum Gasteiger partial charge on any atom is -0.338 e. The van der Waals surface area contributed by atoms with E-state index in [9.17, 15) is 33.7 Å². The van der Waals surface area contributed by atoms with Crippen molar-refractivity contribution in [3.8, 4) is 0 Å². The molecule has 164 valence electrons. The van der Waals surface area contributed by atoms with E-state index in [1.54, 1.807) is 0 Å². The van der Waals surface area contributed by atoms with Gasteiger partial charge in [-0.1, -0.05) is 6.07 Å². The molecule has 4 rings (SSSR count). The highest BCUT2D eigenvalue weighted by molar-refractivity contribution is 6.22. The molecule has 0 saturated carbocycles. The molecule has 32 heavy (non-hydrogen) atoms. The van der Waals surface area contributed by atoms with Gasteiger partial charge in [0.15, 0.2) is 0 Å². The van der Waals surface area contributed by atoms with Gasteiger partial charge in [0.1, 0.15) is 12.4 Å². The Hall–Kier alpha value is -4.15. The van der Waals surface area contributed by atoms with Crippen LogP contribution in [0.5, 0.6) is 0 Å². The zero-order chi connectivity index (χ0) is 23.0. The van der Waals surface area contributed by atoms with Crippen LogP contribution in [-0.2, 0) is 4.79 Å². The molecular formula is C21H17FN4O6. The molecule has 0 aromatic heterocycles. The SMILES string of the molecule is O=C(CN1C(=O)c2ccc([N+](=O)[O-])cc2C1=O)N1CCN(C(=O)c2cccc(F)c2)CC1. The van der Waals surface area contributed by atoms with Gasteiger partial charge in [-0.25, -0.2) is 4.39 Å². The van der Waals surface area contributed by atoms with E-state index in [0.29, 0.717) is 0 Å². The van der Waals surface area contributed by atoms with Gasteiger partial charge < -0.3 is 9.80 Å². The highest BCUT2D eigenvalue weighted by Crippen LogP contribution is 2.26. The first-order valence-corrected chi connectivity index (χ1v) is 9.73. The first kappa shape index (κ1) is 21.1. The Morgan fingerprint density at radius 3 is 2.25 bits per heavy atom. The minimum absolute atomic E-state index is 0.0129. The third-order valence-electron chi connectivity index (χ3n) is 5.45. The zero-order valence-electron chi connectivity index (χ0n) is 16.7. The first-order valence-electron chi connectivity index (χ1n) is 9.73. The highest BCUT2D eigenvalue weighted by atomic mass is 19.1. The second-order valence-electron chi connectivity index (χ2n) is 7.37. The summed E-state index contributed by atoms with van der Waals surface area (Å²) in [6.07, 6.45) is 0. The fourth-order valence-electron chi connectivity index (χ4n) is 3.73. The Kier molecular flexibility index (Phi) is 5.39. The zero-order valence-corrected chi connectivity index (χ0v) is 16.7. The van der Waals surface area contributed by atoms with Crippen LogP contribution in [0.4, 0.5) is 10.1 Å². The molecular weight excluding hydrogens is 423 g/mol. The second-order valence-corrected chi connectivity index (χ2v) is 7.37. The lowest BCUT2D eigenvalue weighted by Crippen LogP contribution is -2.53. The molecule has 11 heteroatoms. The number of imide groups is 1. The normalized spacial score (nSPS) is 15.7. The summed E-state index contributed by atoms with van der Waals surface area (Å²) in [5.74, 6) is -2.79. The number of piperazine rings is 1. The van der Waals surface area contributed by atoms with Gasteiger partial charge in [0, 0.05) is 43.9 Å². The summed E-state index contributed by atoms with van der Waals surface area (Å²) in [6.45, 7) is 0.311. The molecule has 2 aliphatic rings. The van der Waals surface area contributed by atoms with E-state index in [-0.39, 0.29) is 54.5 Å². The van der Waals surface area contributed by atoms with E-state index in [0.717, 1.165) is 23.1 Å². The number of carbonyl (C=O) groups excluding carboxylic acids is 4. The van der Waals surface area contributed by atoms with Crippen LogP contribution in [0.1, 0.15) is 31.1 Å². The van der Waals surface area contributed by atoms with Gasteiger partial charge in [-0.05, 0) is 24.3 Å². The number of amides is 4. The van der Waals surface area contributed by atoms with Gasteiger partial charge in [0.2, 0.25) is 5.91 Å². The van der Waals surface area contributed by atoms with Crippen molar-refractivity contribution in [2.24, 2.45) is 0 Å². The third kappa shape index (κ3) is 3.80. The molecule has 0 spiro atoms. The largest absolute Gasteiger partial charge is 0.338 e. The Balaban J connectivity index is 1.38. The number of rotatable bonds is 4. The Bertz CT molecular complexity index is 1160. The van der Waals surface area contributed by atoms with E-state index in [2.05, 4.69) is 0 Å². The van der Waals surface area contributed by atoms with Gasteiger partial charge in [-0.3, -0.25) is 34.2 Å². The maximum absolute atomic E-state index is 13.4. The van der Waals surface area contributed by atoms with E-state index < -0.39 is 35.0 Å². The van der Waals surface area contributed by atoms with E-state index in [1.807, 2.05) is 0 Å². The minimum atomic E-state index is -0.762. The van der Waals surface area contributed by atoms with Crippen LogP contribution < -0.4 is 0 Å². The molecule has 0 radical (unpaired) electrons. The molecule has 0 bridgehead atoms. The summed E-state index contributed by atoms with van der Waals surface area (Å²) >= 11 is 0. The lowest BCUT2D eigenvalue weighted by molar-refractivity contribution is -0.384. The number of nitro groups is 1. The van der Waals surface area contributed by atoms with Crippen molar-refractivity contribution in [3.63, 3.8) is 0 Å². The number of benzene rings is 2. The third-order valence-corrected chi connectivity index (χ3v) is 5.45. The molecule has 1 fully saturated rings. The van der Waals surface area contributed by atoms with Gasteiger partial charge in [0.25, 0.3) is 23.4 Å². The van der Waals surface area contributed by atoms with E-state index in [1.165, 1.54) is 34.1 Å². The van der Waals surface area contributed by atoms with Crippen LogP contribution in [0.25, 0.3) is 0 Å². The number of halogens is 1. The van der Waals surface area contributed by atoms with Gasteiger partial charge >= 0.3 is 0 Å². The summed E-state index contributed by atoms with van der Waals surface area (Å²) < 4.78 is 13.4. The summed E-state index contributed by atoms with van der Waals surface area (Å²) in [5.41, 5.74) is -0.205. The number of hydrogen-bond acceptors (Lipinski definition) is 6. The first-order chi connectivity index (χ1) is 15.3. The van der Waals surface area contributed by atoms with Crippen molar-refractivity contribution in [1.82, 2.24) is 14.7 Å². The lowest BCUT2D eigenvalue weighted by Gasteiger charge is -2.35. The molecule has 2 aromatic rings. The smallest absolute Gasteiger partial charge is 0.270 e. The van der Waals surface area contributed by atoms with Crippen molar-refractivity contribution < 1.29 is 28.5 Å². The molecule has 0 unspecified atom stereocenters. The average Bonchev–Trinajstić information content (AvgIpc) is 3.03. The van der Waals surface area contributed by atoms with E-state index >= 15 is 0 Å². The maximum atomic E-state index is 13.4. The second kappa shape index (κ2) is 8.17. The van der Waals surface area contributed by atoms with Gasteiger partial charge in [-0.2, -0.15) is 0 Å². The topological polar surface area (TPSA) is 121 Å². The van der Waals surface area contributed by atoms with Crippen molar-refractivity contribution in [1.29, 1.82) is 0 Å². The van der Waals surface area contributed by atoms with Crippen LogP contribution in [0, 0.1) is 15.9 Å². The molecule has 2 aromatic carbocycles. The van der Waals surface area contributed by atoms with Gasteiger partial charge in [-0.15, -0.1) is 0 Å². The van der Waals surface area contributed by atoms with Crippen LogP contribution >= 0.6 is 0 Å². The lowest BCUT2D eigenvalue weighted by atomic mass is 10.1. The fraction of sp³-hybridized carbons (Fsp3) is 0.238. The van der Waals surface area contributed by atoms with Crippen molar-refractivity contribution in [2.45, 2.75) is 0 Å². The number of nitrogens with zero attached hydrogens (tertiary/aromatic N) is 4. The molecule has 0 aliphatic carbocycles. The Morgan fingerprint density at radius 2 is 1.59 bits per heavy atom. The number of hydrogen-bond donors (Lipinski definition) is 0. The van der Waals surface area contributed by atoms with Crippen molar-refractivity contribution in [2.75, 3.05) is 32.7 Å². The predicted octanol–water partition coefficient (Wildman–Crippen LogP) is 1.31. The molecule has 10 nitrogen and oxygen atoms in total. The summed E-state index contributed by atoms with van der Waals surface area (Å²) in [6, 6.07) is 8.70. The van der Waals surface area contributed by atoms with Crippen LogP contribution in [-0.4, -0.2) is 76.0 Å². The highest BCUT2D eigenvalue weighted by Gasteiger charge is 2.39. The number of carbonyl (C=O) groups is 4. The predicted molar refractivity (Wildman–Crippen MR) is 107 cm³/mol. The summed E-state index contributed by atoms with van der Waals surface area (Å²) in [7, 11) is 0. The fourth-order valence-corrected chi connectivity index (χ4v) is 3.73. The molecule has 2 aliphatic heterocycles. The molecule has 0 N–H and O–H groups in total. The Labute approximate surface area is 181 Å². The van der Waals surface area contributed by atoms with Crippen molar-refractivity contribution in [3.05, 3.63) is 75.1 Å². The molecule has 2 heterocycles. The summed E-state index contributed by atoms with van der Waals surface area (Å²) in [5, 5.41) is 10.9. The maximum Gasteiger partial charge on any atom is 0.270 e. The quantitative estimate of drug-likeness (QED) is 0.402. The van der Waals surface area contributed by atoms with Crippen LogP contribution in [0.15, 0.2) is 42.5 Å². The van der Waals surface area contributed by atoms with E-state index in [4.69, 9.17) is 0 Å². The monoisotopic (exact) mass is 440 g/mol. The molecule has 4 amide bonds. The van der Waals surface area contributed by atoms with Crippen LogP contribution in [0.3, 0.4) is 0 Å². The van der Waals surface area contributed by atoms with Gasteiger partial charge in [0.05, 0.1) is 16.1 Å². The number of nitro benzene ring substituents is 1. The molecule has 1 saturated heterocycles. The standard InChI is InChI=1S/C21H17FN4O6/c22-14-3-1-2-13(10-14)19(28)24-8-6-23(7-9-24)18(27)12-25-20(29)16-5-4-15(26(31)32)11-17(16)21(25)30/h1-5,10-11H,6-9,12H2. The number of fused-ring (bicyclic) bond motifs is 1. The van der Waals surface area contributed by atoms with Crippen LogP contribution in [0.2, 0.25) is 0 Å². The number of non-ortho nitro benzene ring substituents is 1.